The summed E-state index contributed by atoms with van der Waals surface area (Å²) in [5, 5.41) is 0.543. The summed E-state index contributed by atoms with van der Waals surface area (Å²) in [6.07, 6.45) is 0.330. The Morgan fingerprint density at radius 3 is 2.46 bits per heavy atom. The van der Waals surface area contributed by atoms with Crippen LogP contribution in [0.2, 0.25) is 0 Å². The Morgan fingerprint density at radius 2 is 1.61 bits per heavy atom. The molecular formula is C23H18N2O3. The maximum atomic E-state index is 12.6. The van der Waals surface area contributed by atoms with Crippen molar-refractivity contribution in [3.8, 4) is 0 Å². The molecule has 5 heteroatoms. The van der Waals surface area contributed by atoms with Gasteiger partial charge in [0.2, 0.25) is 0 Å². The number of aromatic nitrogens is 2. The van der Waals surface area contributed by atoms with Gasteiger partial charge in [0.1, 0.15) is 12.4 Å². The van der Waals surface area contributed by atoms with Crippen LogP contribution in [-0.2, 0) is 17.8 Å². The van der Waals surface area contributed by atoms with Crippen LogP contribution < -0.4 is 5.56 Å². The zero-order valence-corrected chi connectivity index (χ0v) is 15.1. The third-order valence-electron chi connectivity index (χ3n) is 4.47. The van der Waals surface area contributed by atoms with E-state index >= 15 is 0 Å². The molecule has 0 aliphatic rings. The lowest BCUT2D eigenvalue weighted by molar-refractivity contribution is 0.0471. The number of ether oxygens (including phenoxy) is 1. The van der Waals surface area contributed by atoms with Crippen molar-refractivity contribution in [3.63, 3.8) is 0 Å². The molecule has 0 atom stereocenters. The van der Waals surface area contributed by atoms with Crippen LogP contribution in [-0.4, -0.2) is 15.9 Å². The molecule has 4 aromatic rings. The van der Waals surface area contributed by atoms with Crippen LogP contribution in [0.1, 0.15) is 27.3 Å². The van der Waals surface area contributed by atoms with E-state index in [0.717, 1.165) is 11.1 Å². The highest BCUT2D eigenvalue weighted by Crippen LogP contribution is 2.16. The maximum absolute atomic E-state index is 12.6. The first-order chi connectivity index (χ1) is 13.7. The highest BCUT2D eigenvalue weighted by molar-refractivity contribution is 5.91. The molecular weight excluding hydrogens is 352 g/mol. The standard InChI is InChI=1S/C23H18N2O3/c26-22-19-12-6-7-13-20(19)24-21(25-22)14-17-10-4-5-11-18(17)23(27)28-15-16-8-2-1-3-9-16/h1-13H,14-15H2,(H,24,25,26). The van der Waals surface area contributed by atoms with E-state index in [2.05, 4.69) is 9.97 Å². The second-order valence-electron chi connectivity index (χ2n) is 6.43. The second kappa shape index (κ2) is 7.88. The molecule has 0 saturated heterocycles. The van der Waals surface area contributed by atoms with Crippen LogP contribution in [0, 0.1) is 0 Å². The van der Waals surface area contributed by atoms with Gasteiger partial charge in [-0.05, 0) is 29.3 Å². The number of carbonyl (C=O) groups excluding carboxylic acids is 1. The van der Waals surface area contributed by atoms with E-state index in [1.807, 2.05) is 48.5 Å². The summed E-state index contributed by atoms with van der Waals surface area (Å²) in [5.74, 6) is 0.106. The number of esters is 1. The highest BCUT2D eigenvalue weighted by Gasteiger charge is 2.14. The van der Waals surface area contributed by atoms with Crippen molar-refractivity contribution in [2.24, 2.45) is 0 Å². The summed E-state index contributed by atoms with van der Waals surface area (Å²) in [5.41, 5.74) is 2.58. The normalized spacial score (nSPS) is 10.7. The summed E-state index contributed by atoms with van der Waals surface area (Å²) in [4.78, 5) is 32.2. The van der Waals surface area contributed by atoms with Gasteiger partial charge in [-0.25, -0.2) is 9.78 Å². The number of hydrogen-bond acceptors (Lipinski definition) is 4. The van der Waals surface area contributed by atoms with Crippen molar-refractivity contribution in [1.29, 1.82) is 0 Å². The number of rotatable bonds is 5. The molecule has 0 aliphatic heterocycles. The van der Waals surface area contributed by atoms with E-state index in [1.165, 1.54) is 0 Å². The van der Waals surface area contributed by atoms with E-state index in [0.29, 0.717) is 28.7 Å². The summed E-state index contributed by atoms with van der Waals surface area (Å²) in [6.45, 7) is 0.207. The van der Waals surface area contributed by atoms with Crippen LogP contribution >= 0.6 is 0 Å². The summed E-state index contributed by atoms with van der Waals surface area (Å²) in [7, 11) is 0. The van der Waals surface area contributed by atoms with Gasteiger partial charge in [-0.3, -0.25) is 4.79 Å². The molecule has 0 amide bonds. The first-order valence-electron chi connectivity index (χ1n) is 8.97. The fourth-order valence-electron chi connectivity index (χ4n) is 3.07. The molecule has 1 aromatic heterocycles. The Kier molecular flexibility index (Phi) is 4.97. The Morgan fingerprint density at radius 1 is 0.893 bits per heavy atom. The molecule has 0 fully saturated rings. The number of benzene rings is 3. The highest BCUT2D eigenvalue weighted by atomic mass is 16.5. The molecule has 1 heterocycles. The van der Waals surface area contributed by atoms with Gasteiger partial charge in [0.25, 0.3) is 5.56 Å². The quantitative estimate of drug-likeness (QED) is 0.541. The molecule has 28 heavy (non-hydrogen) atoms. The SMILES string of the molecule is O=C(OCc1ccccc1)c1ccccc1Cc1nc2ccccc2c(=O)[nH]1. The number of H-pyrrole nitrogens is 1. The fourth-order valence-corrected chi connectivity index (χ4v) is 3.07. The molecule has 1 N–H and O–H groups in total. The number of nitrogens with one attached hydrogen (secondary N) is 1. The van der Waals surface area contributed by atoms with Crippen molar-refractivity contribution >= 4 is 16.9 Å². The zero-order chi connectivity index (χ0) is 19.3. The van der Waals surface area contributed by atoms with Gasteiger partial charge in [-0.15, -0.1) is 0 Å². The lowest BCUT2D eigenvalue weighted by Crippen LogP contribution is -2.14. The zero-order valence-electron chi connectivity index (χ0n) is 15.1. The van der Waals surface area contributed by atoms with Gasteiger partial charge in [-0.1, -0.05) is 60.7 Å². The number of aromatic amines is 1. The number of hydrogen-bond donors (Lipinski definition) is 1. The molecule has 0 bridgehead atoms. The van der Waals surface area contributed by atoms with E-state index in [9.17, 15) is 9.59 Å². The van der Waals surface area contributed by atoms with E-state index < -0.39 is 5.97 Å². The van der Waals surface area contributed by atoms with Crippen LogP contribution in [0.25, 0.3) is 10.9 Å². The van der Waals surface area contributed by atoms with E-state index in [-0.39, 0.29) is 12.2 Å². The lowest BCUT2D eigenvalue weighted by atomic mass is 10.0. The number of fused-ring (bicyclic) bond motifs is 1. The van der Waals surface area contributed by atoms with Crippen LogP contribution in [0.3, 0.4) is 0 Å². The van der Waals surface area contributed by atoms with E-state index in [1.54, 1.807) is 30.3 Å². The second-order valence-corrected chi connectivity index (χ2v) is 6.43. The van der Waals surface area contributed by atoms with Crippen molar-refractivity contribution in [3.05, 3.63) is 112 Å². The van der Waals surface area contributed by atoms with Gasteiger partial charge >= 0.3 is 5.97 Å². The van der Waals surface area contributed by atoms with Gasteiger partial charge in [0, 0.05) is 6.42 Å². The topological polar surface area (TPSA) is 72.0 Å². The molecule has 0 saturated carbocycles. The first kappa shape index (κ1) is 17.7. The van der Waals surface area contributed by atoms with Crippen molar-refractivity contribution < 1.29 is 9.53 Å². The molecule has 0 spiro atoms. The lowest BCUT2D eigenvalue weighted by Gasteiger charge is -2.10. The van der Waals surface area contributed by atoms with Crippen LogP contribution in [0.4, 0.5) is 0 Å². The minimum atomic E-state index is -0.400. The van der Waals surface area contributed by atoms with Gasteiger partial charge in [0.15, 0.2) is 0 Å². The fraction of sp³-hybridized carbons (Fsp3) is 0.0870. The average molecular weight is 370 g/mol. The third kappa shape index (κ3) is 3.83. The Hall–Kier alpha value is -3.73. The molecule has 0 aliphatic carbocycles. The molecule has 5 nitrogen and oxygen atoms in total. The summed E-state index contributed by atoms with van der Waals surface area (Å²) in [6, 6.07) is 23.9. The Labute approximate surface area is 161 Å². The van der Waals surface area contributed by atoms with Crippen molar-refractivity contribution in [2.75, 3.05) is 0 Å². The Bertz CT molecular complexity index is 1180. The summed E-state index contributed by atoms with van der Waals surface area (Å²) >= 11 is 0. The molecule has 138 valence electrons. The molecule has 3 aromatic carbocycles. The van der Waals surface area contributed by atoms with E-state index in [4.69, 9.17) is 4.74 Å². The monoisotopic (exact) mass is 370 g/mol. The summed E-state index contributed by atoms with van der Waals surface area (Å²) < 4.78 is 5.46. The molecule has 0 unspecified atom stereocenters. The van der Waals surface area contributed by atoms with Gasteiger partial charge in [-0.2, -0.15) is 0 Å². The van der Waals surface area contributed by atoms with Crippen LogP contribution in [0.5, 0.6) is 0 Å². The van der Waals surface area contributed by atoms with Crippen molar-refractivity contribution in [1.82, 2.24) is 9.97 Å². The predicted molar refractivity (Wildman–Crippen MR) is 107 cm³/mol. The minimum absolute atomic E-state index is 0.190. The third-order valence-corrected chi connectivity index (χ3v) is 4.47. The maximum Gasteiger partial charge on any atom is 0.338 e. The van der Waals surface area contributed by atoms with Crippen LogP contribution in [0.15, 0.2) is 83.7 Å². The largest absolute Gasteiger partial charge is 0.457 e. The van der Waals surface area contributed by atoms with Gasteiger partial charge < -0.3 is 9.72 Å². The minimum Gasteiger partial charge on any atom is -0.457 e. The number of nitrogens with zero attached hydrogens (tertiary/aromatic N) is 1. The average Bonchev–Trinajstić information content (AvgIpc) is 2.73. The smallest absolute Gasteiger partial charge is 0.338 e. The first-order valence-corrected chi connectivity index (χ1v) is 8.97. The Balaban J connectivity index is 1.58. The molecule has 0 radical (unpaired) electrons. The molecule has 4 rings (SSSR count). The number of para-hydroxylation sites is 1. The van der Waals surface area contributed by atoms with Gasteiger partial charge in [0.05, 0.1) is 16.5 Å². The van der Waals surface area contributed by atoms with Crippen molar-refractivity contribution in [2.45, 2.75) is 13.0 Å². The number of carbonyl (C=O) groups is 1. The predicted octanol–water partition coefficient (Wildman–Crippen LogP) is 3.87.